The number of hydrogen-bond donors (Lipinski definition) is 2. The molecule has 5 rings (SSSR count). The van der Waals surface area contributed by atoms with Crippen LogP contribution in [0, 0.1) is 0 Å². The molecule has 1 aliphatic rings. The molecule has 10 heteroatoms. The molecule has 29 heavy (non-hydrogen) atoms. The van der Waals surface area contributed by atoms with Crippen LogP contribution in [0.25, 0.3) is 33.5 Å². The average Bonchev–Trinajstić information content (AvgIpc) is 3.42. The van der Waals surface area contributed by atoms with E-state index in [1.807, 2.05) is 25.4 Å². The highest BCUT2D eigenvalue weighted by Crippen LogP contribution is 2.36. The van der Waals surface area contributed by atoms with Gasteiger partial charge in [0, 0.05) is 37.2 Å². The van der Waals surface area contributed by atoms with E-state index in [1.165, 1.54) is 0 Å². The maximum absolute atomic E-state index is 12.3. The van der Waals surface area contributed by atoms with E-state index in [2.05, 4.69) is 20.3 Å². The highest BCUT2D eigenvalue weighted by atomic mass is 35.5. The van der Waals surface area contributed by atoms with Crippen LogP contribution < -0.4 is 10.6 Å². The molecule has 146 valence electrons. The average molecular weight is 409 g/mol. The van der Waals surface area contributed by atoms with Crippen LogP contribution in [0.4, 0.5) is 11.6 Å². The van der Waals surface area contributed by atoms with Crippen molar-refractivity contribution in [2.75, 3.05) is 17.2 Å². The fraction of sp³-hybridized carbons (Fsp3) is 0.211. The van der Waals surface area contributed by atoms with E-state index >= 15 is 0 Å². The number of amides is 1. The van der Waals surface area contributed by atoms with Crippen LogP contribution in [0.3, 0.4) is 0 Å². The summed E-state index contributed by atoms with van der Waals surface area (Å²) in [5.74, 6) is 0.552. The van der Waals surface area contributed by atoms with Gasteiger partial charge in [0.1, 0.15) is 17.1 Å². The normalized spacial score (nSPS) is 14.3. The van der Waals surface area contributed by atoms with Gasteiger partial charge in [0.15, 0.2) is 11.6 Å². The van der Waals surface area contributed by atoms with E-state index in [0.29, 0.717) is 40.9 Å². The lowest BCUT2D eigenvalue weighted by Crippen LogP contribution is -2.26. The molecule has 0 saturated carbocycles. The maximum Gasteiger partial charge on any atom is 0.228 e. The fourth-order valence-electron chi connectivity index (χ4n) is 3.58. The van der Waals surface area contributed by atoms with Crippen LogP contribution in [0.15, 0.2) is 30.6 Å². The Morgan fingerprint density at radius 3 is 2.83 bits per heavy atom. The fourth-order valence-corrected chi connectivity index (χ4v) is 3.85. The number of nitrogens with one attached hydrogen (secondary N) is 1. The van der Waals surface area contributed by atoms with E-state index in [-0.39, 0.29) is 11.7 Å². The molecule has 1 fully saturated rings. The van der Waals surface area contributed by atoms with Crippen LogP contribution in [0.5, 0.6) is 0 Å². The molecule has 0 unspecified atom stereocenters. The van der Waals surface area contributed by atoms with Gasteiger partial charge in [-0.25, -0.2) is 9.97 Å². The third-order valence-electron chi connectivity index (χ3n) is 4.96. The molecule has 1 aromatic carbocycles. The van der Waals surface area contributed by atoms with E-state index in [0.717, 1.165) is 22.9 Å². The summed E-state index contributed by atoms with van der Waals surface area (Å²) < 4.78 is 1.68. The number of hydrogen-bond acceptors (Lipinski definition) is 6. The summed E-state index contributed by atoms with van der Waals surface area (Å²) in [6, 6.07) is 5.56. The predicted molar refractivity (Wildman–Crippen MR) is 110 cm³/mol. The number of rotatable bonds is 3. The third kappa shape index (κ3) is 2.90. The molecular formula is C19H17ClN8O. The number of nitrogen functional groups attached to an aromatic ring is 1. The summed E-state index contributed by atoms with van der Waals surface area (Å²) in [4.78, 5) is 23.2. The molecule has 3 N–H and O–H groups in total. The number of aromatic nitrogens is 6. The van der Waals surface area contributed by atoms with Crippen LogP contribution in [0.1, 0.15) is 12.8 Å². The summed E-state index contributed by atoms with van der Waals surface area (Å²) in [5, 5.41) is 12.7. The Morgan fingerprint density at radius 2 is 2.10 bits per heavy atom. The highest BCUT2D eigenvalue weighted by molar-refractivity contribution is 6.35. The third-order valence-corrected chi connectivity index (χ3v) is 5.26. The summed E-state index contributed by atoms with van der Waals surface area (Å²) in [6.07, 6.45) is 4.76. The van der Waals surface area contributed by atoms with Crippen molar-refractivity contribution >= 4 is 40.0 Å². The molecule has 1 aliphatic heterocycles. The van der Waals surface area contributed by atoms with Crippen molar-refractivity contribution < 1.29 is 4.79 Å². The van der Waals surface area contributed by atoms with Crippen molar-refractivity contribution in [2.45, 2.75) is 12.8 Å². The van der Waals surface area contributed by atoms with Gasteiger partial charge in [0.25, 0.3) is 0 Å². The highest BCUT2D eigenvalue weighted by Gasteiger charge is 2.28. The minimum atomic E-state index is -0.00847. The summed E-state index contributed by atoms with van der Waals surface area (Å²) in [5.41, 5.74) is 9.41. The second-order valence-corrected chi connectivity index (χ2v) is 7.35. The molecule has 1 saturated heterocycles. The molecule has 9 nitrogen and oxygen atoms in total. The quantitative estimate of drug-likeness (QED) is 0.538. The molecule has 1 amide bonds. The van der Waals surface area contributed by atoms with Crippen LogP contribution >= 0.6 is 11.6 Å². The Morgan fingerprint density at radius 1 is 1.24 bits per heavy atom. The van der Waals surface area contributed by atoms with Gasteiger partial charge in [-0.2, -0.15) is 10.2 Å². The first-order chi connectivity index (χ1) is 14.0. The largest absolute Gasteiger partial charge is 0.381 e. The Hall–Kier alpha value is -3.46. The number of carbonyl (C=O) groups excluding carboxylic acids is 1. The van der Waals surface area contributed by atoms with Crippen molar-refractivity contribution in [3.8, 4) is 22.6 Å². The number of nitrogens with two attached hydrogens (primary N) is 1. The summed E-state index contributed by atoms with van der Waals surface area (Å²) in [7, 11) is 1.83. The zero-order valence-electron chi connectivity index (χ0n) is 15.6. The van der Waals surface area contributed by atoms with Gasteiger partial charge >= 0.3 is 0 Å². The van der Waals surface area contributed by atoms with Gasteiger partial charge in [-0.1, -0.05) is 11.6 Å². The summed E-state index contributed by atoms with van der Waals surface area (Å²) >= 11 is 6.45. The van der Waals surface area contributed by atoms with Crippen molar-refractivity contribution in [2.24, 2.45) is 7.05 Å². The van der Waals surface area contributed by atoms with Gasteiger partial charge in [-0.3, -0.25) is 19.5 Å². The number of H-pyrrole nitrogens is 1. The monoisotopic (exact) mass is 408 g/mol. The standard InChI is InChI=1S/C19H17ClN8O/c1-27-6-4-13(26-27)17-16(10-7-11-9-22-25-15(11)12(20)8-10)24-19(18(21)23-17)28-5-2-3-14(28)29/h4,6-9H,2-3,5H2,1H3,(H2,21,23)(H,22,25). The number of nitrogens with zero attached hydrogens (tertiary/aromatic N) is 6. The minimum absolute atomic E-state index is 0.00847. The topological polar surface area (TPSA) is 119 Å². The number of fused-ring (bicyclic) bond motifs is 1. The molecule has 3 aromatic heterocycles. The van der Waals surface area contributed by atoms with Crippen molar-refractivity contribution in [3.63, 3.8) is 0 Å². The van der Waals surface area contributed by atoms with E-state index in [4.69, 9.17) is 22.3 Å². The zero-order valence-corrected chi connectivity index (χ0v) is 16.3. The summed E-state index contributed by atoms with van der Waals surface area (Å²) in [6.45, 7) is 0.571. The number of benzene rings is 1. The van der Waals surface area contributed by atoms with Gasteiger partial charge in [-0.15, -0.1) is 0 Å². The first kappa shape index (κ1) is 17.6. The molecule has 0 radical (unpaired) electrons. The molecular weight excluding hydrogens is 392 g/mol. The number of carbonyl (C=O) groups is 1. The Kier molecular flexibility index (Phi) is 3.99. The van der Waals surface area contributed by atoms with Crippen molar-refractivity contribution in [1.82, 2.24) is 29.9 Å². The molecule has 4 aromatic rings. The van der Waals surface area contributed by atoms with Crippen molar-refractivity contribution in [1.29, 1.82) is 0 Å². The van der Waals surface area contributed by atoms with Gasteiger partial charge in [0.05, 0.1) is 16.7 Å². The second-order valence-electron chi connectivity index (χ2n) is 6.95. The Labute approximate surface area is 170 Å². The molecule has 0 atom stereocenters. The number of aryl methyl sites for hydroxylation is 1. The number of halogens is 1. The SMILES string of the molecule is Cn1ccc(-c2nc(N)c(N3CCCC3=O)nc2-c2cc(Cl)c3[nH]ncc3c2)n1. The Balaban J connectivity index is 1.76. The first-order valence-corrected chi connectivity index (χ1v) is 9.50. The number of aromatic amines is 1. The maximum atomic E-state index is 12.3. The zero-order chi connectivity index (χ0) is 20.1. The van der Waals surface area contributed by atoms with E-state index < -0.39 is 0 Å². The van der Waals surface area contributed by atoms with Crippen LogP contribution in [0.2, 0.25) is 5.02 Å². The van der Waals surface area contributed by atoms with E-state index in [1.54, 1.807) is 21.8 Å². The molecule has 0 bridgehead atoms. The molecule has 4 heterocycles. The number of anilines is 2. The van der Waals surface area contributed by atoms with Gasteiger partial charge in [-0.05, 0) is 24.6 Å². The van der Waals surface area contributed by atoms with Crippen LogP contribution in [-0.2, 0) is 11.8 Å². The van der Waals surface area contributed by atoms with Gasteiger partial charge < -0.3 is 5.73 Å². The predicted octanol–water partition coefficient (Wildman–Crippen LogP) is 2.78. The lowest BCUT2D eigenvalue weighted by Gasteiger charge is -2.18. The second kappa shape index (κ2) is 6.56. The molecule has 0 spiro atoms. The lowest BCUT2D eigenvalue weighted by molar-refractivity contribution is -0.117. The minimum Gasteiger partial charge on any atom is -0.381 e. The van der Waals surface area contributed by atoms with E-state index in [9.17, 15) is 4.79 Å². The first-order valence-electron chi connectivity index (χ1n) is 9.12. The van der Waals surface area contributed by atoms with Crippen molar-refractivity contribution in [3.05, 3.63) is 35.6 Å². The Bertz CT molecular complexity index is 1260. The smallest absolute Gasteiger partial charge is 0.228 e. The van der Waals surface area contributed by atoms with Crippen LogP contribution in [-0.4, -0.2) is 42.4 Å². The lowest BCUT2D eigenvalue weighted by atomic mass is 10.1. The molecule has 0 aliphatic carbocycles. The van der Waals surface area contributed by atoms with Gasteiger partial charge in [0.2, 0.25) is 5.91 Å².